The van der Waals surface area contributed by atoms with Gasteiger partial charge < -0.3 is 19.1 Å². The number of hydrogen-bond donors (Lipinski definition) is 0. The van der Waals surface area contributed by atoms with Crippen LogP contribution in [0.25, 0.3) is 0 Å². The maximum absolute atomic E-state index is 12.5. The van der Waals surface area contributed by atoms with Gasteiger partial charge in [-0.3, -0.25) is 14.9 Å². The highest BCUT2D eigenvalue weighted by atomic mass is 16.6. The monoisotopic (exact) mass is 388 g/mol. The maximum atomic E-state index is 12.5. The Morgan fingerprint density at radius 2 is 1.79 bits per heavy atom. The van der Waals surface area contributed by atoms with Crippen molar-refractivity contribution in [2.45, 2.75) is 20.4 Å². The second-order valence-corrected chi connectivity index (χ2v) is 5.87. The van der Waals surface area contributed by atoms with Gasteiger partial charge in [-0.15, -0.1) is 0 Å². The first-order valence-corrected chi connectivity index (χ1v) is 8.93. The number of hydrogen-bond acceptors (Lipinski definition) is 6. The third kappa shape index (κ3) is 5.60. The van der Waals surface area contributed by atoms with Crippen LogP contribution in [0.4, 0.5) is 5.69 Å². The van der Waals surface area contributed by atoms with Crippen molar-refractivity contribution in [2.24, 2.45) is 0 Å². The quantitative estimate of drug-likeness (QED) is 0.457. The van der Waals surface area contributed by atoms with Crippen LogP contribution in [0.2, 0.25) is 0 Å². The van der Waals surface area contributed by atoms with Crippen LogP contribution in [-0.2, 0) is 11.3 Å². The molecular weight excluding hydrogens is 364 g/mol. The summed E-state index contributed by atoms with van der Waals surface area (Å²) in [4.78, 5) is 24.3. The Bertz CT molecular complexity index is 807. The summed E-state index contributed by atoms with van der Waals surface area (Å²) in [5, 5.41) is 10.7. The van der Waals surface area contributed by atoms with Crippen molar-refractivity contribution >= 4 is 11.6 Å². The number of nitro groups is 1. The zero-order valence-corrected chi connectivity index (χ0v) is 16.2. The number of ether oxygens (including phenoxy) is 3. The lowest BCUT2D eigenvalue weighted by Crippen LogP contribution is -2.34. The van der Waals surface area contributed by atoms with Crippen LogP contribution in [0.1, 0.15) is 19.4 Å². The lowest BCUT2D eigenvalue weighted by molar-refractivity contribution is -0.384. The number of amides is 1. The van der Waals surface area contributed by atoms with E-state index in [0.29, 0.717) is 36.9 Å². The number of rotatable bonds is 10. The van der Waals surface area contributed by atoms with Crippen molar-refractivity contribution in [1.29, 1.82) is 0 Å². The Morgan fingerprint density at radius 3 is 2.36 bits per heavy atom. The molecule has 0 fully saturated rings. The second kappa shape index (κ2) is 10.1. The first kappa shape index (κ1) is 21.0. The van der Waals surface area contributed by atoms with Crippen LogP contribution in [0.5, 0.6) is 17.2 Å². The van der Waals surface area contributed by atoms with Gasteiger partial charge >= 0.3 is 0 Å². The maximum Gasteiger partial charge on any atom is 0.269 e. The van der Waals surface area contributed by atoms with Crippen molar-refractivity contribution in [3.8, 4) is 17.2 Å². The minimum Gasteiger partial charge on any atom is -0.493 e. The number of nitro benzene ring substituents is 1. The lowest BCUT2D eigenvalue weighted by atomic mass is 10.2. The molecule has 0 unspecified atom stereocenters. The fourth-order valence-electron chi connectivity index (χ4n) is 2.58. The summed E-state index contributed by atoms with van der Waals surface area (Å²) in [5.74, 6) is 1.49. The molecule has 28 heavy (non-hydrogen) atoms. The molecule has 0 aliphatic carbocycles. The molecule has 8 nitrogen and oxygen atoms in total. The van der Waals surface area contributed by atoms with Crippen LogP contribution in [0.15, 0.2) is 42.5 Å². The molecule has 8 heteroatoms. The number of likely N-dealkylation sites (N-methyl/N-ethyl adjacent to an activating group) is 1. The van der Waals surface area contributed by atoms with Gasteiger partial charge in [0.15, 0.2) is 18.1 Å². The van der Waals surface area contributed by atoms with Crippen LogP contribution >= 0.6 is 0 Å². The van der Waals surface area contributed by atoms with Gasteiger partial charge in [0.05, 0.1) is 18.6 Å². The molecule has 0 spiro atoms. The highest BCUT2D eigenvalue weighted by molar-refractivity contribution is 5.77. The van der Waals surface area contributed by atoms with E-state index in [2.05, 4.69) is 0 Å². The Morgan fingerprint density at radius 1 is 1.07 bits per heavy atom. The predicted octanol–water partition coefficient (Wildman–Crippen LogP) is 3.43. The Labute approximate surface area is 163 Å². The summed E-state index contributed by atoms with van der Waals surface area (Å²) in [6.45, 7) is 5.08. The summed E-state index contributed by atoms with van der Waals surface area (Å²) >= 11 is 0. The average Bonchev–Trinajstić information content (AvgIpc) is 2.71. The summed E-state index contributed by atoms with van der Waals surface area (Å²) in [7, 11) is 1.57. The van der Waals surface area contributed by atoms with Crippen molar-refractivity contribution in [1.82, 2.24) is 4.90 Å². The van der Waals surface area contributed by atoms with Crippen LogP contribution in [0, 0.1) is 10.1 Å². The third-order valence-electron chi connectivity index (χ3n) is 4.05. The molecule has 0 heterocycles. The molecule has 0 aliphatic rings. The van der Waals surface area contributed by atoms with Gasteiger partial charge in [0.2, 0.25) is 0 Å². The fraction of sp³-hybridized carbons (Fsp3) is 0.350. The molecule has 0 aromatic heterocycles. The Kier molecular flexibility index (Phi) is 7.62. The molecule has 1 amide bonds. The van der Waals surface area contributed by atoms with E-state index >= 15 is 0 Å². The van der Waals surface area contributed by atoms with Gasteiger partial charge in [0.25, 0.3) is 11.6 Å². The van der Waals surface area contributed by atoms with Gasteiger partial charge in [-0.2, -0.15) is 0 Å². The first-order valence-electron chi connectivity index (χ1n) is 8.93. The predicted molar refractivity (Wildman–Crippen MR) is 104 cm³/mol. The molecule has 0 N–H and O–H groups in total. The van der Waals surface area contributed by atoms with Crippen LogP contribution < -0.4 is 14.2 Å². The number of carbonyl (C=O) groups is 1. The minimum absolute atomic E-state index is 0.0293. The molecule has 150 valence electrons. The molecule has 2 rings (SSSR count). The summed E-state index contributed by atoms with van der Waals surface area (Å²) in [6, 6.07) is 11.2. The van der Waals surface area contributed by atoms with Crippen molar-refractivity contribution in [3.05, 3.63) is 58.1 Å². The molecule has 0 saturated carbocycles. The number of benzene rings is 2. The SMILES string of the molecule is CCOc1ccc(CN(CC)C(=O)COc2ccc([N+](=O)[O-])cc2)cc1OC. The molecule has 0 bridgehead atoms. The van der Waals surface area contributed by atoms with E-state index in [1.165, 1.54) is 24.3 Å². The van der Waals surface area contributed by atoms with Gasteiger partial charge in [-0.1, -0.05) is 6.07 Å². The fourth-order valence-corrected chi connectivity index (χ4v) is 2.58. The van der Waals surface area contributed by atoms with Crippen molar-refractivity contribution in [2.75, 3.05) is 26.9 Å². The largest absolute Gasteiger partial charge is 0.493 e. The zero-order chi connectivity index (χ0) is 20.5. The van der Waals surface area contributed by atoms with E-state index in [0.717, 1.165) is 5.56 Å². The van der Waals surface area contributed by atoms with E-state index in [1.807, 2.05) is 32.0 Å². The number of non-ortho nitro benzene ring substituents is 1. The van der Waals surface area contributed by atoms with Crippen molar-refractivity contribution < 1.29 is 23.9 Å². The number of nitrogens with zero attached hydrogens (tertiary/aromatic N) is 2. The van der Waals surface area contributed by atoms with E-state index < -0.39 is 4.92 Å². The smallest absolute Gasteiger partial charge is 0.269 e. The normalized spacial score (nSPS) is 10.2. The van der Waals surface area contributed by atoms with Crippen LogP contribution in [0.3, 0.4) is 0 Å². The summed E-state index contributed by atoms with van der Waals surface area (Å²) in [6.07, 6.45) is 0. The molecule has 0 saturated heterocycles. The standard InChI is InChI=1S/C20H24N2O6/c1-4-21(13-15-6-11-18(27-5-2)19(12-15)26-3)20(23)14-28-17-9-7-16(8-10-17)22(24)25/h6-12H,4-5,13-14H2,1-3H3. The Balaban J connectivity index is 1.98. The molecule has 2 aromatic carbocycles. The molecule has 0 atom stereocenters. The van der Waals surface area contributed by atoms with E-state index in [-0.39, 0.29) is 18.2 Å². The molecule has 2 aromatic rings. The van der Waals surface area contributed by atoms with Gasteiger partial charge in [0, 0.05) is 25.2 Å². The number of methoxy groups -OCH3 is 1. The molecular formula is C20H24N2O6. The third-order valence-corrected chi connectivity index (χ3v) is 4.05. The van der Waals surface area contributed by atoms with Crippen molar-refractivity contribution in [3.63, 3.8) is 0 Å². The van der Waals surface area contributed by atoms with E-state index in [9.17, 15) is 14.9 Å². The van der Waals surface area contributed by atoms with Crippen LogP contribution in [-0.4, -0.2) is 42.6 Å². The van der Waals surface area contributed by atoms with Gasteiger partial charge in [-0.05, 0) is 43.7 Å². The van der Waals surface area contributed by atoms with E-state index in [1.54, 1.807) is 12.0 Å². The summed E-state index contributed by atoms with van der Waals surface area (Å²) in [5.41, 5.74) is 0.879. The van der Waals surface area contributed by atoms with E-state index in [4.69, 9.17) is 14.2 Å². The average molecular weight is 388 g/mol. The zero-order valence-electron chi connectivity index (χ0n) is 16.2. The Hall–Kier alpha value is -3.29. The highest BCUT2D eigenvalue weighted by Gasteiger charge is 2.15. The van der Waals surface area contributed by atoms with Gasteiger partial charge in [0.1, 0.15) is 5.75 Å². The molecule has 0 aliphatic heterocycles. The highest BCUT2D eigenvalue weighted by Crippen LogP contribution is 2.28. The topological polar surface area (TPSA) is 91.1 Å². The first-order chi connectivity index (χ1) is 13.5. The lowest BCUT2D eigenvalue weighted by Gasteiger charge is -2.22. The molecule has 0 radical (unpaired) electrons. The number of carbonyl (C=O) groups excluding carboxylic acids is 1. The minimum atomic E-state index is -0.487. The second-order valence-electron chi connectivity index (χ2n) is 5.87. The van der Waals surface area contributed by atoms with Gasteiger partial charge in [-0.25, -0.2) is 0 Å². The summed E-state index contributed by atoms with van der Waals surface area (Å²) < 4.78 is 16.3.